The van der Waals surface area contributed by atoms with Gasteiger partial charge in [-0.2, -0.15) is 0 Å². The maximum atomic E-state index is 6.07. The SMILES string of the molecule is Nc1csc2c(NC3CCNC3)nc(-c3ccncc3)nc12. The maximum absolute atomic E-state index is 6.07. The van der Waals surface area contributed by atoms with Crippen molar-refractivity contribution in [3.8, 4) is 11.4 Å². The molecule has 7 heteroatoms. The van der Waals surface area contributed by atoms with Crippen molar-refractivity contribution in [2.24, 2.45) is 0 Å². The van der Waals surface area contributed by atoms with E-state index in [0.717, 1.165) is 41.1 Å². The normalized spacial score (nSPS) is 17.9. The number of nitrogens with one attached hydrogen (secondary N) is 2. The molecule has 1 aliphatic rings. The van der Waals surface area contributed by atoms with Gasteiger partial charge in [-0.1, -0.05) is 0 Å². The zero-order valence-corrected chi connectivity index (χ0v) is 12.7. The van der Waals surface area contributed by atoms with Crippen molar-refractivity contribution in [1.29, 1.82) is 0 Å². The first-order valence-corrected chi connectivity index (χ1v) is 8.11. The molecule has 6 nitrogen and oxygen atoms in total. The van der Waals surface area contributed by atoms with Crippen LogP contribution in [0.3, 0.4) is 0 Å². The second-order valence-corrected chi connectivity index (χ2v) is 6.21. The van der Waals surface area contributed by atoms with Crippen molar-refractivity contribution >= 4 is 33.1 Å². The number of pyridine rings is 1. The Bertz CT molecular complexity index is 794. The van der Waals surface area contributed by atoms with Crippen molar-refractivity contribution in [2.45, 2.75) is 12.5 Å². The van der Waals surface area contributed by atoms with Gasteiger partial charge in [-0.3, -0.25) is 4.98 Å². The Morgan fingerprint density at radius 3 is 2.91 bits per heavy atom. The van der Waals surface area contributed by atoms with Crippen LogP contribution in [0, 0.1) is 0 Å². The van der Waals surface area contributed by atoms with Gasteiger partial charge < -0.3 is 16.4 Å². The van der Waals surface area contributed by atoms with E-state index in [2.05, 4.69) is 20.6 Å². The third-order valence-corrected chi connectivity index (χ3v) is 4.78. The number of hydrogen-bond acceptors (Lipinski definition) is 7. The fourth-order valence-corrected chi connectivity index (χ4v) is 3.48. The van der Waals surface area contributed by atoms with Gasteiger partial charge >= 0.3 is 0 Å². The number of aromatic nitrogens is 3. The molecule has 1 unspecified atom stereocenters. The quantitative estimate of drug-likeness (QED) is 0.686. The minimum Gasteiger partial charge on any atom is -0.396 e. The lowest BCUT2D eigenvalue weighted by molar-refractivity contribution is 0.789. The summed E-state index contributed by atoms with van der Waals surface area (Å²) in [5.74, 6) is 1.54. The van der Waals surface area contributed by atoms with E-state index in [0.29, 0.717) is 17.6 Å². The van der Waals surface area contributed by atoms with E-state index >= 15 is 0 Å². The highest BCUT2D eigenvalue weighted by atomic mass is 32.1. The fourth-order valence-electron chi connectivity index (χ4n) is 2.64. The Labute approximate surface area is 131 Å². The lowest BCUT2D eigenvalue weighted by Crippen LogP contribution is -2.22. The highest BCUT2D eigenvalue weighted by molar-refractivity contribution is 7.18. The molecule has 0 saturated carbocycles. The van der Waals surface area contributed by atoms with Crippen LogP contribution in [0.4, 0.5) is 11.5 Å². The van der Waals surface area contributed by atoms with Crippen LogP contribution in [0.15, 0.2) is 29.9 Å². The Morgan fingerprint density at radius 1 is 1.27 bits per heavy atom. The number of nitrogens with two attached hydrogens (primary N) is 1. The van der Waals surface area contributed by atoms with Gasteiger partial charge in [0, 0.05) is 35.9 Å². The van der Waals surface area contributed by atoms with E-state index in [-0.39, 0.29) is 0 Å². The Morgan fingerprint density at radius 2 is 2.14 bits per heavy atom. The van der Waals surface area contributed by atoms with Gasteiger partial charge in [-0.25, -0.2) is 9.97 Å². The Hall–Kier alpha value is -2.25. The summed E-state index contributed by atoms with van der Waals surface area (Å²) in [6.45, 7) is 1.99. The van der Waals surface area contributed by atoms with Gasteiger partial charge in [0.1, 0.15) is 11.3 Å². The first kappa shape index (κ1) is 13.4. The van der Waals surface area contributed by atoms with E-state index in [1.807, 2.05) is 17.5 Å². The van der Waals surface area contributed by atoms with Crippen LogP contribution in [0.1, 0.15) is 6.42 Å². The molecule has 1 fully saturated rings. The molecule has 1 saturated heterocycles. The van der Waals surface area contributed by atoms with Gasteiger partial charge in [0.25, 0.3) is 0 Å². The van der Waals surface area contributed by atoms with E-state index in [1.54, 1.807) is 23.7 Å². The number of anilines is 2. The molecule has 1 aliphatic heterocycles. The monoisotopic (exact) mass is 312 g/mol. The van der Waals surface area contributed by atoms with Gasteiger partial charge in [0.05, 0.1) is 10.4 Å². The Kier molecular flexibility index (Phi) is 3.36. The van der Waals surface area contributed by atoms with Gasteiger partial charge in [0.2, 0.25) is 0 Å². The fraction of sp³-hybridized carbons (Fsp3) is 0.267. The number of fused-ring (bicyclic) bond motifs is 1. The van der Waals surface area contributed by atoms with Crippen LogP contribution in [-0.4, -0.2) is 34.1 Å². The highest BCUT2D eigenvalue weighted by Gasteiger charge is 2.19. The molecular formula is C15H16N6S. The van der Waals surface area contributed by atoms with Crippen LogP contribution >= 0.6 is 11.3 Å². The van der Waals surface area contributed by atoms with Crippen molar-refractivity contribution < 1.29 is 0 Å². The zero-order chi connectivity index (χ0) is 14.9. The molecule has 112 valence electrons. The van der Waals surface area contributed by atoms with Crippen LogP contribution in [0.25, 0.3) is 21.6 Å². The average Bonchev–Trinajstić information content (AvgIpc) is 3.19. The number of thiophene rings is 1. The van der Waals surface area contributed by atoms with Crippen molar-refractivity contribution in [2.75, 3.05) is 24.1 Å². The van der Waals surface area contributed by atoms with Gasteiger partial charge in [-0.05, 0) is 25.1 Å². The summed E-state index contributed by atoms with van der Waals surface area (Å²) in [6.07, 6.45) is 4.58. The largest absolute Gasteiger partial charge is 0.396 e. The van der Waals surface area contributed by atoms with Crippen LogP contribution < -0.4 is 16.4 Å². The first-order chi connectivity index (χ1) is 10.8. The summed E-state index contributed by atoms with van der Waals surface area (Å²) in [5.41, 5.74) is 8.53. The minimum atomic E-state index is 0.395. The van der Waals surface area contributed by atoms with Crippen molar-refractivity contribution in [3.05, 3.63) is 29.9 Å². The lowest BCUT2D eigenvalue weighted by atomic mass is 10.2. The van der Waals surface area contributed by atoms with Gasteiger partial charge in [0.15, 0.2) is 5.82 Å². The predicted molar refractivity (Wildman–Crippen MR) is 90.0 cm³/mol. The molecule has 1 atom stereocenters. The van der Waals surface area contributed by atoms with Crippen LogP contribution in [0.2, 0.25) is 0 Å². The number of hydrogen-bond donors (Lipinski definition) is 3. The molecule has 0 amide bonds. The zero-order valence-electron chi connectivity index (χ0n) is 11.9. The number of nitrogens with zero attached hydrogens (tertiary/aromatic N) is 3. The summed E-state index contributed by atoms with van der Waals surface area (Å²) in [6, 6.07) is 4.21. The summed E-state index contributed by atoms with van der Waals surface area (Å²) in [4.78, 5) is 13.4. The smallest absolute Gasteiger partial charge is 0.162 e. The predicted octanol–water partition coefficient (Wildman–Crippen LogP) is 2.11. The second-order valence-electron chi connectivity index (χ2n) is 5.33. The topological polar surface area (TPSA) is 88.8 Å². The molecule has 0 bridgehead atoms. The second kappa shape index (κ2) is 5.51. The molecule has 3 aromatic rings. The van der Waals surface area contributed by atoms with E-state index in [4.69, 9.17) is 10.7 Å². The maximum Gasteiger partial charge on any atom is 0.162 e. The van der Waals surface area contributed by atoms with E-state index < -0.39 is 0 Å². The molecular weight excluding hydrogens is 296 g/mol. The van der Waals surface area contributed by atoms with E-state index in [9.17, 15) is 0 Å². The molecule has 0 aliphatic carbocycles. The third kappa shape index (κ3) is 2.38. The number of rotatable bonds is 3. The summed E-state index contributed by atoms with van der Waals surface area (Å²) in [7, 11) is 0. The van der Waals surface area contributed by atoms with Crippen LogP contribution in [-0.2, 0) is 0 Å². The summed E-state index contributed by atoms with van der Waals surface area (Å²) < 4.78 is 1.02. The molecule has 22 heavy (non-hydrogen) atoms. The van der Waals surface area contributed by atoms with E-state index in [1.165, 1.54) is 0 Å². The summed E-state index contributed by atoms with van der Waals surface area (Å²) in [5, 5.41) is 8.81. The molecule has 3 aromatic heterocycles. The highest BCUT2D eigenvalue weighted by Crippen LogP contribution is 2.34. The molecule has 4 rings (SSSR count). The molecule has 0 aromatic carbocycles. The minimum absolute atomic E-state index is 0.395. The van der Waals surface area contributed by atoms with Crippen molar-refractivity contribution in [1.82, 2.24) is 20.3 Å². The molecule has 0 spiro atoms. The van der Waals surface area contributed by atoms with Crippen molar-refractivity contribution in [3.63, 3.8) is 0 Å². The molecule has 4 heterocycles. The number of nitrogen functional groups attached to an aromatic ring is 1. The Balaban J connectivity index is 1.82. The standard InChI is InChI=1S/C15H16N6S/c16-11-8-22-13-12(11)20-14(9-1-4-17-5-2-9)21-15(13)19-10-3-6-18-7-10/h1-2,4-5,8,10,18H,3,6-7,16H2,(H,19,20,21). The molecule has 0 radical (unpaired) electrons. The summed E-state index contributed by atoms with van der Waals surface area (Å²) >= 11 is 1.58. The lowest BCUT2D eigenvalue weighted by Gasteiger charge is -2.13. The average molecular weight is 312 g/mol. The molecule has 4 N–H and O–H groups in total. The van der Waals surface area contributed by atoms with Crippen LogP contribution in [0.5, 0.6) is 0 Å². The first-order valence-electron chi connectivity index (χ1n) is 7.23. The van der Waals surface area contributed by atoms with Gasteiger partial charge in [-0.15, -0.1) is 11.3 Å². The third-order valence-electron chi connectivity index (χ3n) is 3.78.